The molecule has 5 heteroatoms. The van der Waals surface area contributed by atoms with Crippen molar-refractivity contribution in [2.75, 3.05) is 14.2 Å². The van der Waals surface area contributed by atoms with Gasteiger partial charge in [-0.25, -0.2) is 4.39 Å². The second-order valence-electron chi connectivity index (χ2n) is 4.98. The van der Waals surface area contributed by atoms with Crippen LogP contribution in [0.25, 0.3) is 0 Å². The van der Waals surface area contributed by atoms with E-state index in [0.29, 0.717) is 11.1 Å². The Morgan fingerprint density at radius 3 is 2.55 bits per heavy atom. The number of halogens is 1. The zero-order valence-electron chi connectivity index (χ0n) is 12.5. The normalized spacial score (nSPS) is 11.8. The van der Waals surface area contributed by atoms with Gasteiger partial charge >= 0.3 is 0 Å². The molecule has 1 unspecified atom stereocenters. The van der Waals surface area contributed by atoms with E-state index in [1.54, 1.807) is 37.4 Å². The number of carbonyl (C=O) groups excluding carboxylic acids is 1. The third-order valence-electron chi connectivity index (χ3n) is 3.36. The van der Waals surface area contributed by atoms with E-state index in [1.165, 1.54) is 24.1 Å². The van der Waals surface area contributed by atoms with Gasteiger partial charge in [-0.3, -0.25) is 4.79 Å². The molecule has 1 atom stereocenters. The highest BCUT2D eigenvalue weighted by molar-refractivity contribution is 5.81. The van der Waals surface area contributed by atoms with Crippen LogP contribution in [0, 0.1) is 5.82 Å². The van der Waals surface area contributed by atoms with E-state index < -0.39 is 17.8 Å². The maximum Gasteiger partial charge on any atom is 0.256 e. The summed E-state index contributed by atoms with van der Waals surface area (Å²) in [5.41, 5.74) is 1.15. The first kappa shape index (κ1) is 16.0. The summed E-state index contributed by atoms with van der Waals surface area (Å²) >= 11 is 0. The summed E-state index contributed by atoms with van der Waals surface area (Å²) in [6.45, 7) is 0.198. The second-order valence-corrected chi connectivity index (χ2v) is 4.98. The van der Waals surface area contributed by atoms with Gasteiger partial charge in [0.05, 0.1) is 7.11 Å². The minimum Gasteiger partial charge on any atom is -0.494 e. The standard InChI is InChI=1S/C17H18FNO3/c1-19(11-12-8-9-15(22-2)14(18)10-12)17(21)16(20)13-6-4-3-5-7-13/h3-10,16,20H,11H2,1-2H3. The molecule has 2 rings (SSSR count). The quantitative estimate of drug-likeness (QED) is 0.923. The van der Waals surface area contributed by atoms with Crippen LogP contribution >= 0.6 is 0 Å². The predicted molar refractivity (Wildman–Crippen MR) is 80.8 cm³/mol. The molecule has 0 bridgehead atoms. The van der Waals surface area contributed by atoms with E-state index in [4.69, 9.17) is 4.74 Å². The molecule has 1 amide bonds. The number of benzene rings is 2. The number of methoxy groups -OCH3 is 1. The Labute approximate surface area is 128 Å². The minimum absolute atomic E-state index is 0.155. The summed E-state index contributed by atoms with van der Waals surface area (Å²) in [6, 6.07) is 13.2. The summed E-state index contributed by atoms with van der Waals surface area (Å²) in [5, 5.41) is 10.1. The van der Waals surface area contributed by atoms with Gasteiger partial charge in [0.2, 0.25) is 0 Å². The first-order valence-electron chi connectivity index (χ1n) is 6.83. The lowest BCUT2D eigenvalue weighted by molar-refractivity contribution is -0.139. The van der Waals surface area contributed by atoms with Crippen LogP contribution in [0.2, 0.25) is 0 Å². The van der Waals surface area contributed by atoms with Crippen molar-refractivity contribution in [2.24, 2.45) is 0 Å². The van der Waals surface area contributed by atoms with Crippen LogP contribution in [0.5, 0.6) is 5.75 Å². The van der Waals surface area contributed by atoms with Crippen LogP contribution in [-0.4, -0.2) is 30.1 Å². The van der Waals surface area contributed by atoms with Crippen molar-refractivity contribution >= 4 is 5.91 Å². The highest BCUT2D eigenvalue weighted by Gasteiger charge is 2.21. The summed E-state index contributed by atoms with van der Waals surface area (Å²) in [6.07, 6.45) is -1.23. The molecule has 0 heterocycles. The molecule has 1 N–H and O–H groups in total. The lowest BCUT2D eigenvalue weighted by Crippen LogP contribution is -2.31. The van der Waals surface area contributed by atoms with E-state index in [-0.39, 0.29) is 12.3 Å². The molecule has 0 fully saturated rings. The van der Waals surface area contributed by atoms with Gasteiger partial charge in [0.25, 0.3) is 5.91 Å². The van der Waals surface area contributed by atoms with Crippen molar-refractivity contribution < 1.29 is 19.0 Å². The van der Waals surface area contributed by atoms with Crippen molar-refractivity contribution in [3.8, 4) is 5.75 Å². The second kappa shape index (κ2) is 7.04. The molecule has 0 radical (unpaired) electrons. The summed E-state index contributed by atoms with van der Waals surface area (Å²) < 4.78 is 18.5. The Hall–Kier alpha value is -2.40. The lowest BCUT2D eigenvalue weighted by Gasteiger charge is -2.21. The molecular formula is C17H18FNO3. The highest BCUT2D eigenvalue weighted by atomic mass is 19.1. The van der Waals surface area contributed by atoms with Crippen LogP contribution < -0.4 is 4.74 Å². The van der Waals surface area contributed by atoms with Crippen LogP contribution in [0.4, 0.5) is 4.39 Å². The van der Waals surface area contributed by atoms with Gasteiger partial charge in [-0.05, 0) is 23.3 Å². The van der Waals surface area contributed by atoms with E-state index >= 15 is 0 Å². The van der Waals surface area contributed by atoms with Crippen molar-refractivity contribution in [2.45, 2.75) is 12.6 Å². The molecule has 2 aromatic rings. The topological polar surface area (TPSA) is 49.8 Å². The van der Waals surface area contributed by atoms with E-state index in [2.05, 4.69) is 0 Å². The van der Waals surface area contributed by atoms with Crippen LogP contribution in [0.1, 0.15) is 17.2 Å². The number of carbonyl (C=O) groups is 1. The summed E-state index contributed by atoms with van der Waals surface area (Å²) in [4.78, 5) is 13.6. The van der Waals surface area contributed by atoms with Gasteiger partial charge in [0.15, 0.2) is 17.7 Å². The van der Waals surface area contributed by atoms with Crippen molar-refractivity contribution in [1.82, 2.24) is 4.90 Å². The number of hydrogen-bond acceptors (Lipinski definition) is 3. The van der Waals surface area contributed by atoms with Crippen LogP contribution in [-0.2, 0) is 11.3 Å². The van der Waals surface area contributed by atoms with Crippen molar-refractivity contribution in [3.63, 3.8) is 0 Å². The van der Waals surface area contributed by atoms with Gasteiger partial charge in [-0.2, -0.15) is 0 Å². The number of aliphatic hydroxyl groups is 1. The van der Waals surface area contributed by atoms with E-state index in [9.17, 15) is 14.3 Å². The Morgan fingerprint density at radius 2 is 1.95 bits per heavy atom. The molecule has 0 spiro atoms. The van der Waals surface area contributed by atoms with Crippen molar-refractivity contribution in [1.29, 1.82) is 0 Å². The molecule has 4 nitrogen and oxygen atoms in total. The maximum atomic E-state index is 13.6. The molecule has 0 aromatic heterocycles. The molecule has 0 saturated heterocycles. The number of ether oxygens (including phenoxy) is 1. The Bertz CT molecular complexity index is 646. The van der Waals surface area contributed by atoms with Crippen molar-refractivity contribution in [3.05, 3.63) is 65.5 Å². The average Bonchev–Trinajstić information content (AvgIpc) is 2.54. The number of amides is 1. The van der Waals surface area contributed by atoms with Crippen LogP contribution in [0.3, 0.4) is 0 Å². The SMILES string of the molecule is COc1ccc(CN(C)C(=O)C(O)c2ccccc2)cc1F. The Kier molecular flexibility index (Phi) is 5.12. The van der Waals surface area contributed by atoms with Gasteiger partial charge < -0.3 is 14.7 Å². The average molecular weight is 303 g/mol. The number of nitrogens with zero attached hydrogens (tertiary/aromatic N) is 1. The molecule has 2 aromatic carbocycles. The van der Waals surface area contributed by atoms with Gasteiger partial charge in [-0.15, -0.1) is 0 Å². The highest BCUT2D eigenvalue weighted by Crippen LogP contribution is 2.20. The largest absolute Gasteiger partial charge is 0.494 e. The first-order valence-corrected chi connectivity index (χ1v) is 6.83. The fourth-order valence-corrected chi connectivity index (χ4v) is 2.15. The zero-order chi connectivity index (χ0) is 16.1. The molecule has 0 aliphatic rings. The first-order chi connectivity index (χ1) is 10.5. The molecule has 0 saturated carbocycles. The minimum atomic E-state index is -1.23. The molecule has 116 valence electrons. The third-order valence-corrected chi connectivity index (χ3v) is 3.36. The smallest absolute Gasteiger partial charge is 0.256 e. The Morgan fingerprint density at radius 1 is 1.27 bits per heavy atom. The fraction of sp³-hybridized carbons (Fsp3) is 0.235. The maximum absolute atomic E-state index is 13.6. The third kappa shape index (κ3) is 3.62. The molecule has 22 heavy (non-hydrogen) atoms. The van der Waals surface area contributed by atoms with E-state index in [0.717, 1.165) is 0 Å². The number of likely N-dealkylation sites (N-methyl/N-ethyl adjacent to an activating group) is 1. The summed E-state index contributed by atoms with van der Waals surface area (Å²) in [7, 11) is 2.96. The molecule has 0 aliphatic heterocycles. The number of hydrogen-bond donors (Lipinski definition) is 1. The molecular weight excluding hydrogens is 285 g/mol. The molecule has 0 aliphatic carbocycles. The summed E-state index contributed by atoms with van der Waals surface area (Å²) in [5.74, 6) is -0.770. The van der Waals surface area contributed by atoms with E-state index in [1.807, 2.05) is 6.07 Å². The van der Waals surface area contributed by atoms with Crippen LogP contribution in [0.15, 0.2) is 48.5 Å². The number of aliphatic hydroxyl groups excluding tert-OH is 1. The predicted octanol–water partition coefficient (Wildman–Crippen LogP) is 2.53. The van der Waals surface area contributed by atoms with Gasteiger partial charge in [0.1, 0.15) is 0 Å². The Balaban J connectivity index is 2.07. The fourth-order valence-electron chi connectivity index (χ4n) is 2.15. The van der Waals surface area contributed by atoms with Gasteiger partial charge in [-0.1, -0.05) is 36.4 Å². The van der Waals surface area contributed by atoms with Gasteiger partial charge in [0, 0.05) is 13.6 Å². The lowest BCUT2D eigenvalue weighted by atomic mass is 10.1. The zero-order valence-corrected chi connectivity index (χ0v) is 12.5. The number of rotatable bonds is 5. The monoisotopic (exact) mass is 303 g/mol.